The number of nitrogens with one attached hydrogen (secondary N) is 1. The minimum Gasteiger partial charge on any atom is -0.466 e. The largest absolute Gasteiger partial charge is 0.466 e. The van der Waals surface area contributed by atoms with E-state index < -0.39 is 18.0 Å². The van der Waals surface area contributed by atoms with Gasteiger partial charge in [0.15, 0.2) is 17.8 Å². The van der Waals surface area contributed by atoms with Gasteiger partial charge in [-0.3, -0.25) is 14.5 Å². The molecule has 1 aromatic carbocycles. The van der Waals surface area contributed by atoms with Gasteiger partial charge in [-0.25, -0.2) is 4.99 Å². The van der Waals surface area contributed by atoms with Gasteiger partial charge in [-0.2, -0.15) is 13.2 Å². The number of rotatable bonds is 6. The normalized spacial score (nSPS) is 21.0. The number of ether oxygens (including phenoxy) is 1. The summed E-state index contributed by atoms with van der Waals surface area (Å²) in [4.78, 5) is 31.8. The number of ketones is 1. The number of hydrogen-bond acceptors (Lipinski definition) is 6. The summed E-state index contributed by atoms with van der Waals surface area (Å²) in [5.74, 6) is 0.198. The molecule has 1 N–H and O–H groups in total. The molecule has 4 rings (SSSR count). The summed E-state index contributed by atoms with van der Waals surface area (Å²) in [5.41, 5.74) is 0.514. The highest BCUT2D eigenvalue weighted by Gasteiger charge is 2.31. The lowest BCUT2D eigenvalue weighted by atomic mass is 10.1. The molecule has 170 valence electrons. The van der Waals surface area contributed by atoms with Crippen LogP contribution in [0, 0.1) is 0 Å². The van der Waals surface area contributed by atoms with E-state index in [1.807, 2.05) is 9.80 Å². The van der Waals surface area contributed by atoms with Gasteiger partial charge in [0, 0.05) is 50.9 Å². The summed E-state index contributed by atoms with van der Waals surface area (Å²) >= 11 is 0. The first kappa shape index (κ1) is 22.1. The maximum Gasteiger partial charge on any atom is 0.416 e. The van der Waals surface area contributed by atoms with Crippen LogP contribution in [0.1, 0.15) is 12.0 Å². The Morgan fingerprint density at radius 3 is 2.72 bits per heavy atom. The van der Waals surface area contributed by atoms with Crippen LogP contribution in [-0.4, -0.2) is 67.8 Å². The summed E-state index contributed by atoms with van der Waals surface area (Å²) in [6, 6.07) is 5.31. The highest BCUT2D eigenvalue weighted by Crippen LogP contribution is 2.31. The quantitative estimate of drug-likeness (QED) is 0.676. The average Bonchev–Trinajstić information content (AvgIpc) is 3.15. The molecule has 1 fully saturated rings. The van der Waals surface area contributed by atoms with E-state index in [9.17, 15) is 22.8 Å². The lowest BCUT2D eigenvalue weighted by molar-refractivity contribution is -0.137. The number of fused-ring (bicyclic) bond motifs is 1. The number of hydrogen-bond donors (Lipinski definition) is 1. The van der Waals surface area contributed by atoms with Gasteiger partial charge in [-0.05, 0) is 30.4 Å². The Kier molecular flexibility index (Phi) is 6.31. The first-order chi connectivity index (χ1) is 15.3. The molecule has 0 bridgehead atoms. The lowest BCUT2D eigenvalue weighted by Crippen LogP contribution is -2.49. The van der Waals surface area contributed by atoms with Crippen molar-refractivity contribution in [3.8, 4) is 0 Å². The fraction of sp³-hybridized carbons (Fsp3) is 0.409. The van der Waals surface area contributed by atoms with Crippen molar-refractivity contribution >= 4 is 23.1 Å². The van der Waals surface area contributed by atoms with Gasteiger partial charge in [-0.1, -0.05) is 6.07 Å². The van der Waals surface area contributed by atoms with Crippen LogP contribution < -0.4 is 10.2 Å². The maximum absolute atomic E-state index is 12.9. The van der Waals surface area contributed by atoms with Crippen LogP contribution in [-0.2, 0) is 20.5 Å². The Balaban J connectivity index is 1.18. The van der Waals surface area contributed by atoms with Gasteiger partial charge >= 0.3 is 6.18 Å². The predicted octanol–water partition coefficient (Wildman–Crippen LogP) is 2.15. The zero-order chi connectivity index (χ0) is 22.7. The van der Waals surface area contributed by atoms with Crippen molar-refractivity contribution in [2.75, 3.05) is 44.2 Å². The zero-order valence-corrected chi connectivity index (χ0v) is 17.3. The molecule has 0 saturated carbocycles. The molecule has 2 aliphatic heterocycles. The molecule has 0 spiro atoms. The maximum atomic E-state index is 12.9. The van der Waals surface area contributed by atoms with Crippen molar-refractivity contribution in [1.29, 1.82) is 0 Å². The third-order valence-corrected chi connectivity index (χ3v) is 5.47. The predicted molar refractivity (Wildman–Crippen MR) is 112 cm³/mol. The highest BCUT2D eigenvalue weighted by molar-refractivity contribution is 6.19. The Hall–Kier alpha value is -3.14. The number of nitrogens with zero attached hydrogens (tertiary/aromatic N) is 3. The van der Waals surface area contributed by atoms with Crippen LogP contribution in [0.5, 0.6) is 0 Å². The summed E-state index contributed by atoms with van der Waals surface area (Å²) < 4.78 is 44.4. The number of aliphatic imine (C=N–C) groups is 1. The summed E-state index contributed by atoms with van der Waals surface area (Å²) in [6.07, 6.45) is 0.143. The standard InChI is InChI=1S/C22H23F3N4O3/c23-22(24,25)15-2-1-3-16(12-15)29-10-8-28(9-11-29)14-20(31)26-7-6-21-27-18-5-4-17(30)13-19(18)32-21/h1-5,12-13,21H,6-11,14H2,(H,26,31). The lowest BCUT2D eigenvalue weighted by Gasteiger charge is -2.36. The van der Waals surface area contributed by atoms with Gasteiger partial charge in [0.25, 0.3) is 0 Å². The number of anilines is 1. The number of carbonyl (C=O) groups is 2. The molecule has 1 unspecified atom stereocenters. The summed E-state index contributed by atoms with van der Waals surface area (Å²) in [7, 11) is 0. The van der Waals surface area contributed by atoms with E-state index in [-0.39, 0.29) is 18.2 Å². The second kappa shape index (κ2) is 9.15. The highest BCUT2D eigenvalue weighted by atomic mass is 19.4. The number of halogens is 3. The molecule has 2 heterocycles. The molecule has 1 atom stereocenters. The van der Waals surface area contributed by atoms with Crippen LogP contribution in [0.2, 0.25) is 0 Å². The van der Waals surface area contributed by atoms with E-state index in [0.29, 0.717) is 56.3 Å². The van der Waals surface area contributed by atoms with Gasteiger partial charge in [0.1, 0.15) is 5.71 Å². The van der Waals surface area contributed by atoms with Crippen molar-refractivity contribution in [3.63, 3.8) is 0 Å². The fourth-order valence-corrected chi connectivity index (χ4v) is 3.78. The van der Waals surface area contributed by atoms with Crippen LogP contribution >= 0.6 is 0 Å². The topological polar surface area (TPSA) is 74.2 Å². The van der Waals surface area contributed by atoms with Crippen molar-refractivity contribution in [3.05, 3.63) is 53.8 Å². The summed E-state index contributed by atoms with van der Waals surface area (Å²) in [6.45, 7) is 2.86. The molecule has 0 aromatic heterocycles. The number of piperazine rings is 1. The second-order valence-corrected chi connectivity index (χ2v) is 7.78. The number of amides is 1. The molecule has 1 aliphatic carbocycles. The Labute approximate surface area is 183 Å². The molecule has 7 nitrogen and oxygen atoms in total. The van der Waals surface area contributed by atoms with E-state index >= 15 is 0 Å². The zero-order valence-electron chi connectivity index (χ0n) is 17.3. The van der Waals surface area contributed by atoms with Crippen molar-refractivity contribution in [2.24, 2.45) is 4.99 Å². The van der Waals surface area contributed by atoms with E-state index in [2.05, 4.69) is 10.3 Å². The fourth-order valence-electron chi connectivity index (χ4n) is 3.78. The van der Waals surface area contributed by atoms with Crippen molar-refractivity contribution < 1.29 is 27.5 Å². The minimum absolute atomic E-state index is 0.130. The van der Waals surface area contributed by atoms with Gasteiger partial charge in [0.05, 0.1) is 12.1 Å². The smallest absolute Gasteiger partial charge is 0.416 e. The number of alkyl halides is 3. The first-order valence-electron chi connectivity index (χ1n) is 10.4. The Morgan fingerprint density at radius 1 is 1.19 bits per heavy atom. The number of carbonyl (C=O) groups excluding carboxylic acids is 2. The SMILES string of the molecule is O=C1C=CC2=NC(CCNC(=O)CN3CCN(c4cccc(C(F)(F)F)c4)CC3)OC2=C1. The third kappa shape index (κ3) is 5.37. The average molecular weight is 448 g/mol. The van der Waals surface area contributed by atoms with Crippen LogP contribution in [0.15, 0.2) is 53.2 Å². The van der Waals surface area contributed by atoms with E-state index in [1.54, 1.807) is 12.1 Å². The monoisotopic (exact) mass is 448 g/mol. The van der Waals surface area contributed by atoms with E-state index in [4.69, 9.17) is 4.74 Å². The van der Waals surface area contributed by atoms with Crippen LogP contribution in [0.25, 0.3) is 0 Å². The van der Waals surface area contributed by atoms with Crippen molar-refractivity contribution in [2.45, 2.75) is 18.8 Å². The van der Waals surface area contributed by atoms with Gasteiger partial charge < -0.3 is 15.0 Å². The van der Waals surface area contributed by atoms with E-state index in [1.165, 1.54) is 18.2 Å². The molecular formula is C22H23F3N4O3. The summed E-state index contributed by atoms with van der Waals surface area (Å²) in [5, 5.41) is 2.84. The Morgan fingerprint density at radius 2 is 1.97 bits per heavy atom. The van der Waals surface area contributed by atoms with Crippen LogP contribution in [0.3, 0.4) is 0 Å². The molecule has 1 saturated heterocycles. The van der Waals surface area contributed by atoms with E-state index in [0.717, 1.165) is 12.1 Å². The molecule has 10 heteroatoms. The molecule has 1 aromatic rings. The second-order valence-electron chi connectivity index (χ2n) is 7.78. The number of benzene rings is 1. The Bertz CT molecular complexity index is 979. The number of allylic oxidation sites excluding steroid dienone is 3. The molecule has 3 aliphatic rings. The molecule has 0 radical (unpaired) electrons. The van der Waals surface area contributed by atoms with Gasteiger partial charge in [0.2, 0.25) is 5.91 Å². The molecular weight excluding hydrogens is 425 g/mol. The van der Waals surface area contributed by atoms with Crippen molar-refractivity contribution in [1.82, 2.24) is 10.2 Å². The van der Waals surface area contributed by atoms with Crippen LogP contribution in [0.4, 0.5) is 18.9 Å². The third-order valence-electron chi connectivity index (χ3n) is 5.47. The molecule has 32 heavy (non-hydrogen) atoms. The first-order valence-corrected chi connectivity index (χ1v) is 10.4. The molecule has 1 amide bonds. The van der Waals surface area contributed by atoms with Gasteiger partial charge in [-0.15, -0.1) is 0 Å². The minimum atomic E-state index is -4.37.